The fraction of sp³-hybridized carbons (Fsp3) is 0.294. The summed E-state index contributed by atoms with van der Waals surface area (Å²) in [5.74, 6) is 0.108. The van der Waals surface area contributed by atoms with E-state index in [2.05, 4.69) is 20.4 Å². The van der Waals surface area contributed by atoms with E-state index in [1.54, 1.807) is 4.68 Å². The summed E-state index contributed by atoms with van der Waals surface area (Å²) in [6, 6.07) is 9.60. The molecule has 0 fully saturated rings. The average Bonchev–Trinajstić information content (AvgIpc) is 3.05. The van der Waals surface area contributed by atoms with Crippen LogP contribution in [0, 0.1) is 0 Å². The number of amides is 1. The van der Waals surface area contributed by atoms with Crippen molar-refractivity contribution < 1.29 is 4.79 Å². The van der Waals surface area contributed by atoms with Gasteiger partial charge in [-0.1, -0.05) is 36.9 Å². The first kappa shape index (κ1) is 17.2. The molecule has 2 N–H and O–H groups in total. The first-order chi connectivity index (χ1) is 12.1. The molecule has 0 saturated heterocycles. The Kier molecular flexibility index (Phi) is 5.18. The molecular formula is C17H19N5O2S. The van der Waals surface area contributed by atoms with Gasteiger partial charge in [0.2, 0.25) is 5.91 Å². The molecule has 0 aliphatic rings. The van der Waals surface area contributed by atoms with Crippen molar-refractivity contribution in [3.05, 3.63) is 46.9 Å². The number of nitrogens with one attached hydrogen (secondary N) is 2. The molecule has 1 aromatic carbocycles. The van der Waals surface area contributed by atoms with E-state index in [0.29, 0.717) is 16.2 Å². The van der Waals surface area contributed by atoms with Crippen LogP contribution in [0.3, 0.4) is 0 Å². The molecule has 1 amide bonds. The topological polar surface area (TPSA) is 92.7 Å². The van der Waals surface area contributed by atoms with Crippen molar-refractivity contribution in [2.24, 2.45) is 0 Å². The van der Waals surface area contributed by atoms with Crippen LogP contribution in [0.4, 0.5) is 0 Å². The van der Waals surface area contributed by atoms with Crippen LogP contribution in [0.15, 0.2) is 46.5 Å². The Hall–Kier alpha value is -2.61. The van der Waals surface area contributed by atoms with Crippen molar-refractivity contribution in [3.63, 3.8) is 0 Å². The fourth-order valence-electron chi connectivity index (χ4n) is 2.28. The minimum atomic E-state index is -0.267. The summed E-state index contributed by atoms with van der Waals surface area (Å²) in [5.41, 5.74) is 1.03. The molecule has 3 rings (SSSR count). The van der Waals surface area contributed by atoms with Crippen LogP contribution < -0.4 is 10.9 Å². The molecule has 1 unspecified atom stereocenters. The number of carbonyl (C=O) groups is 1. The summed E-state index contributed by atoms with van der Waals surface area (Å²) >= 11 is 1.20. The second-order valence-electron chi connectivity index (χ2n) is 5.67. The number of rotatable bonds is 6. The summed E-state index contributed by atoms with van der Waals surface area (Å²) in [5, 5.41) is 7.96. The number of fused-ring (bicyclic) bond motifs is 1. The number of nitrogens with zero attached hydrogens (tertiary/aromatic N) is 3. The lowest BCUT2D eigenvalue weighted by Gasteiger charge is -2.10. The van der Waals surface area contributed by atoms with Gasteiger partial charge in [0.15, 0.2) is 10.8 Å². The minimum absolute atomic E-state index is 0.0846. The molecule has 0 aliphatic heterocycles. The van der Waals surface area contributed by atoms with E-state index in [4.69, 9.17) is 0 Å². The van der Waals surface area contributed by atoms with E-state index >= 15 is 0 Å². The highest BCUT2D eigenvalue weighted by Gasteiger charge is 2.13. The zero-order valence-corrected chi connectivity index (χ0v) is 14.8. The van der Waals surface area contributed by atoms with Crippen molar-refractivity contribution >= 4 is 28.7 Å². The zero-order valence-electron chi connectivity index (χ0n) is 14.0. The molecular weight excluding hydrogens is 338 g/mol. The van der Waals surface area contributed by atoms with Gasteiger partial charge in [-0.2, -0.15) is 5.10 Å². The number of aromatic amines is 1. The van der Waals surface area contributed by atoms with E-state index < -0.39 is 0 Å². The summed E-state index contributed by atoms with van der Waals surface area (Å²) < 4.78 is 1.62. The van der Waals surface area contributed by atoms with Crippen molar-refractivity contribution in [1.29, 1.82) is 0 Å². The van der Waals surface area contributed by atoms with Crippen molar-refractivity contribution in [1.82, 2.24) is 25.1 Å². The van der Waals surface area contributed by atoms with Crippen LogP contribution in [0.25, 0.3) is 16.7 Å². The predicted molar refractivity (Wildman–Crippen MR) is 98.1 cm³/mol. The Balaban J connectivity index is 1.86. The Morgan fingerprint density at radius 2 is 2.12 bits per heavy atom. The second kappa shape index (κ2) is 7.52. The van der Waals surface area contributed by atoms with Crippen LogP contribution in [0.5, 0.6) is 0 Å². The Morgan fingerprint density at radius 1 is 1.36 bits per heavy atom. The normalized spacial score (nSPS) is 12.2. The number of carbonyl (C=O) groups excluding carboxylic acids is 1. The molecule has 2 heterocycles. The Labute approximate surface area is 148 Å². The number of hydrogen-bond donors (Lipinski definition) is 2. The lowest BCUT2D eigenvalue weighted by molar-refractivity contribution is -0.119. The molecule has 1 atom stereocenters. The molecule has 130 valence electrons. The first-order valence-corrected chi connectivity index (χ1v) is 9.02. The van der Waals surface area contributed by atoms with Gasteiger partial charge in [0.1, 0.15) is 5.39 Å². The highest BCUT2D eigenvalue weighted by molar-refractivity contribution is 7.99. The van der Waals surface area contributed by atoms with Gasteiger partial charge < -0.3 is 10.3 Å². The maximum absolute atomic E-state index is 12.3. The lowest BCUT2D eigenvalue weighted by Crippen LogP contribution is -2.33. The molecule has 0 spiro atoms. The first-order valence-electron chi connectivity index (χ1n) is 8.04. The largest absolute Gasteiger partial charge is 0.353 e. The smallest absolute Gasteiger partial charge is 0.262 e. The van der Waals surface area contributed by atoms with Crippen molar-refractivity contribution in [3.8, 4) is 5.69 Å². The monoisotopic (exact) mass is 357 g/mol. The highest BCUT2D eigenvalue weighted by Crippen LogP contribution is 2.17. The quantitative estimate of drug-likeness (QED) is 0.521. The molecule has 0 radical (unpaired) electrons. The third kappa shape index (κ3) is 3.90. The van der Waals surface area contributed by atoms with Crippen molar-refractivity contribution in [2.75, 3.05) is 5.75 Å². The molecule has 0 aliphatic carbocycles. The van der Waals surface area contributed by atoms with Gasteiger partial charge in [-0.3, -0.25) is 9.59 Å². The highest BCUT2D eigenvalue weighted by atomic mass is 32.2. The van der Waals surface area contributed by atoms with Gasteiger partial charge in [0, 0.05) is 6.04 Å². The van der Waals surface area contributed by atoms with E-state index in [9.17, 15) is 9.59 Å². The van der Waals surface area contributed by atoms with E-state index in [1.807, 2.05) is 44.2 Å². The third-order valence-corrected chi connectivity index (χ3v) is 4.65. The minimum Gasteiger partial charge on any atom is -0.353 e. The van der Waals surface area contributed by atoms with E-state index in [-0.39, 0.29) is 23.3 Å². The van der Waals surface area contributed by atoms with Crippen molar-refractivity contribution in [2.45, 2.75) is 31.5 Å². The lowest BCUT2D eigenvalue weighted by atomic mass is 10.3. The molecule has 3 aromatic rings. The van der Waals surface area contributed by atoms with E-state index in [0.717, 1.165) is 12.1 Å². The summed E-state index contributed by atoms with van der Waals surface area (Å²) in [7, 11) is 0. The number of H-pyrrole nitrogens is 1. The van der Waals surface area contributed by atoms with Crippen LogP contribution in [-0.2, 0) is 4.79 Å². The molecule has 2 aromatic heterocycles. The van der Waals surface area contributed by atoms with Crippen LogP contribution in [-0.4, -0.2) is 37.5 Å². The van der Waals surface area contributed by atoms with Crippen LogP contribution in [0.1, 0.15) is 20.3 Å². The molecule has 25 heavy (non-hydrogen) atoms. The second-order valence-corrected chi connectivity index (χ2v) is 6.63. The molecule has 8 heteroatoms. The average molecular weight is 357 g/mol. The van der Waals surface area contributed by atoms with Gasteiger partial charge in [0.05, 0.1) is 17.6 Å². The third-order valence-electron chi connectivity index (χ3n) is 3.78. The number of para-hydroxylation sites is 1. The Morgan fingerprint density at radius 3 is 2.84 bits per heavy atom. The molecule has 7 nitrogen and oxygen atoms in total. The van der Waals surface area contributed by atoms with Gasteiger partial charge in [0.25, 0.3) is 5.56 Å². The SMILES string of the molecule is CCC(C)NC(=O)CSc1nc2c(cnn2-c2ccccc2)c(=O)[nH]1. The fourth-order valence-corrected chi connectivity index (χ4v) is 2.94. The summed E-state index contributed by atoms with van der Waals surface area (Å²) in [6.45, 7) is 3.96. The predicted octanol–water partition coefficient (Wildman–Crippen LogP) is 2.12. The zero-order chi connectivity index (χ0) is 17.8. The molecule has 0 bridgehead atoms. The number of hydrogen-bond acceptors (Lipinski definition) is 5. The van der Waals surface area contributed by atoms with Gasteiger partial charge in [-0.25, -0.2) is 9.67 Å². The van der Waals surface area contributed by atoms with E-state index in [1.165, 1.54) is 18.0 Å². The number of aromatic nitrogens is 4. The number of benzene rings is 1. The summed E-state index contributed by atoms with van der Waals surface area (Å²) in [4.78, 5) is 31.3. The maximum Gasteiger partial charge on any atom is 0.262 e. The standard InChI is InChI=1S/C17H19N5O2S/c1-3-11(2)19-14(23)10-25-17-20-15-13(16(24)21-17)9-18-22(15)12-7-5-4-6-8-12/h4-9,11H,3,10H2,1-2H3,(H,19,23)(H,20,21,24). The number of thioether (sulfide) groups is 1. The maximum atomic E-state index is 12.3. The van der Waals surface area contributed by atoms with Gasteiger partial charge in [-0.15, -0.1) is 0 Å². The summed E-state index contributed by atoms with van der Waals surface area (Å²) in [6.07, 6.45) is 2.37. The van der Waals surface area contributed by atoms with Gasteiger partial charge in [-0.05, 0) is 25.5 Å². The molecule has 0 saturated carbocycles. The van der Waals surface area contributed by atoms with Gasteiger partial charge >= 0.3 is 0 Å². The Bertz CT molecular complexity index is 935. The van der Waals surface area contributed by atoms with Crippen LogP contribution in [0.2, 0.25) is 0 Å². The van der Waals surface area contributed by atoms with Crippen LogP contribution >= 0.6 is 11.8 Å².